The van der Waals surface area contributed by atoms with Crippen LogP contribution in [-0.2, 0) is 9.53 Å². The van der Waals surface area contributed by atoms with Crippen molar-refractivity contribution in [2.45, 2.75) is 122 Å². The molecule has 0 aliphatic heterocycles. The Balaban J connectivity index is 1.79. The van der Waals surface area contributed by atoms with Crippen LogP contribution in [0.5, 0.6) is 5.75 Å². The van der Waals surface area contributed by atoms with Gasteiger partial charge in [-0.05, 0) is 55.9 Å². The summed E-state index contributed by atoms with van der Waals surface area (Å²) in [7, 11) is 0. The first-order chi connectivity index (χ1) is 16.7. The number of benzene rings is 1. The minimum absolute atomic E-state index is 0.114. The number of rotatable bonds is 22. The van der Waals surface area contributed by atoms with Gasteiger partial charge in [0, 0.05) is 6.42 Å². The molecule has 0 heterocycles. The summed E-state index contributed by atoms with van der Waals surface area (Å²) in [5.74, 6) is 0.136. The van der Waals surface area contributed by atoms with Crippen LogP contribution in [0.1, 0.15) is 128 Å². The van der Waals surface area contributed by atoms with E-state index in [1.54, 1.807) is 12.1 Å². The molecule has 0 atom stereocenters. The standard InChI is InChI=1S/C31H50O3/c1-2-3-4-5-6-7-8-9-10-11-12-13-14-15-16-17-18-19-20-23-31(33)34-28-21-22-29-24-26-30(32)27-25-29/h9-10,21-22,24-27,32H,2-8,11-20,23,28H2,1H3. The number of unbranched alkanes of at least 4 members (excludes halogenated alkanes) is 15. The Kier molecular flexibility index (Phi) is 20.1. The molecule has 0 aliphatic rings. The molecule has 0 saturated heterocycles. The predicted octanol–water partition coefficient (Wildman–Crippen LogP) is 9.55. The lowest BCUT2D eigenvalue weighted by Crippen LogP contribution is -2.03. The number of carbonyl (C=O) groups excluding carboxylic acids is 1. The number of phenolic OH excluding ortho intramolecular Hbond substituents is 1. The zero-order valence-electron chi connectivity index (χ0n) is 21.8. The number of hydrogen-bond donors (Lipinski definition) is 1. The van der Waals surface area contributed by atoms with Gasteiger partial charge in [-0.2, -0.15) is 0 Å². The van der Waals surface area contributed by atoms with E-state index in [2.05, 4.69) is 19.1 Å². The van der Waals surface area contributed by atoms with Crippen molar-refractivity contribution in [1.29, 1.82) is 0 Å². The lowest BCUT2D eigenvalue weighted by Gasteiger charge is -2.03. The van der Waals surface area contributed by atoms with Crippen molar-refractivity contribution >= 4 is 12.0 Å². The van der Waals surface area contributed by atoms with Gasteiger partial charge in [-0.3, -0.25) is 4.79 Å². The van der Waals surface area contributed by atoms with Gasteiger partial charge in [-0.1, -0.05) is 114 Å². The van der Waals surface area contributed by atoms with Crippen LogP contribution >= 0.6 is 0 Å². The Hall–Kier alpha value is -2.03. The van der Waals surface area contributed by atoms with Gasteiger partial charge in [-0.15, -0.1) is 0 Å². The van der Waals surface area contributed by atoms with E-state index < -0.39 is 0 Å². The number of hydrogen-bond acceptors (Lipinski definition) is 3. The average Bonchev–Trinajstić information content (AvgIpc) is 2.84. The van der Waals surface area contributed by atoms with E-state index in [0.717, 1.165) is 18.4 Å². The van der Waals surface area contributed by atoms with E-state index in [1.165, 1.54) is 96.3 Å². The molecule has 0 amide bonds. The maximum Gasteiger partial charge on any atom is 0.306 e. The van der Waals surface area contributed by atoms with Crippen molar-refractivity contribution in [1.82, 2.24) is 0 Å². The molecule has 0 spiro atoms. The second-order valence-electron chi connectivity index (χ2n) is 9.43. The molecule has 1 aromatic carbocycles. The molecule has 192 valence electrons. The fourth-order valence-electron chi connectivity index (χ4n) is 4.03. The molecule has 1 aromatic rings. The average molecular weight is 471 g/mol. The van der Waals surface area contributed by atoms with E-state index in [-0.39, 0.29) is 11.7 Å². The first-order valence-corrected chi connectivity index (χ1v) is 14.0. The van der Waals surface area contributed by atoms with Crippen molar-refractivity contribution in [3.63, 3.8) is 0 Å². The van der Waals surface area contributed by atoms with Crippen LogP contribution in [0.15, 0.2) is 42.5 Å². The molecule has 1 N–H and O–H groups in total. The largest absolute Gasteiger partial charge is 0.508 e. The van der Waals surface area contributed by atoms with Crippen molar-refractivity contribution in [3.8, 4) is 5.75 Å². The predicted molar refractivity (Wildman–Crippen MR) is 146 cm³/mol. The Morgan fingerprint density at radius 3 is 1.76 bits per heavy atom. The van der Waals surface area contributed by atoms with Gasteiger partial charge in [0.05, 0.1) is 0 Å². The lowest BCUT2D eigenvalue weighted by molar-refractivity contribution is -0.142. The van der Waals surface area contributed by atoms with E-state index in [1.807, 2.05) is 24.3 Å². The number of allylic oxidation sites excluding steroid dienone is 2. The summed E-state index contributed by atoms with van der Waals surface area (Å²) in [4.78, 5) is 11.8. The molecule has 0 unspecified atom stereocenters. The summed E-state index contributed by atoms with van der Waals surface area (Å²) >= 11 is 0. The topological polar surface area (TPSA) is 46.5 Å². The SMILES string of the molecule is CCCCCCCCC=CCCCCCCCCCCCC(=O)OCC=Cc1ccc(O)cc1. The Morgan fingerprint density at radius 2 is 1.21 bits per heavy atom. The smallest absolute Gasteiger partial charge is 0.306 e. The minimum atomic E-state index is -0.114. The summed E-state index contributed by atoms with van der Waals surface area (Å²) in [6.45, 7) is 2.57. The summed E-state index contributed by atoms with van der Waals surface area (Å²) in [5, 5.41) is 9.26. The fraction of sp³-hybridized carbons (Fsp3) is 0.645. The molecule has 1 rings (SSSR count). The van der Waals surface area contributed by atoms with E-state index in [9.17, 15) is 9.90 Å². The molecule has 0 saturated carbocycles. The first kappa shape index (κ1) is 30.0. The van der Waals surface area contributed by atoms with Crippen LogP contribution in [0.2, 0.25) is 0 Å². The molecule has 34 heavy (non-hydrogen) atoms. The van der Waals surface area contributed by atoms with Gasteiger partial charge in [-0.25, -0.2) is 0 Å². The summed E-state index contributed by atoms with van der Waals surface area (Å²) in [6, 6.07) is 6.93. The Morgan fingerprint density at radius 1 is 0.706 bits per heavy atom. The normalized spacial score (nSPS) is 11.6. The Labute approximate surface area is 209 Å². The molecule has 0 bridgehead atoms. The van der Waals surface area contributed by atoms with Gasteiger partial charge in [0.15, 0.2) is 0 Å². The highest BCUT2D eigenvalue weighted by Gasteiger charge is 2.01. The lowest BCUT2D eigenvalue weighted by atomic mass is 10.1. The number of esters is 1. The van der Waals surface area contributed by atoms with E-state index in [4.69, 9.17) is 4.74 Å². The quantitative estimate of drug-likeness (QED) is 0.104. The molecule has 0 fully saturated rings. The second kappa shape index (κ2) is 22.7. The van der Waals surface area contributed by atoms with Crippen LogP contribution < -0.4 is 0 Å². The maximum absolute atomic E-state index is 11.8. The summed E-state index contributed by atoms with van der Waals surface area (Å²) in [5.41, 5.74) is 0.976. The van der Waals surface area contributed by atoms with Gasteiger partial charge < -0.3 is 9.84 Å². The van der Waals surface area contributed by atoms with Crippen molar-refractivity contribution < 1.29 is 14.6 Å². The number of ether oxygens (including phenoxy) is 1. The van der Waals surface area contributed by atoms with Gasteiger partial charge in [0.2, 0.25) is 0 Å². The highest BCUT2D eigenvalue weighted by molar-refractivity contribution is 5.69. The molecule has 0 radical (unpaired) electrons. The summed E-state index contributed by atoms with van der Waals surface area (Å²) in [6.07, 6.45) is 31.1. The Bertz CT molecular complexity index is 645. The second-order valence-corrected chi connectivity index (χ2v) is 9.43. The molecule has 3 nitrogen and oxygen atoms in total. The number of aromatic hydroxyl groups is 1. The first-order valence-electron chi connectivity index (χ1n) is 14.0. The van der Waals surface area contributed by atoms with Crippen LogP contribution in [0.25, 0.3) is 6.08 Å². The van der Waals surface area contributed by atoms with Crippen LogP contribution in [0.3, 0.4) is 0 Å². The maximum atomic E-state index is 11.8. The van der Waals surface area contributed by atoms with E-state index >= 15 is 0 Å². The third-order valence-electron chi connectivity index (χ3n) is 6.19. The number of phenols is 1. The van der Waals surface area contributed by atoms with Gasteiger partial charge >= 0.3 is 5.97 Å². The molecular formula is C31H50O3. The molecule has 0 aliphatic carbocycles. The highest BCUT2D eigenvalue weighted by Crippen LogP contribution is 2.13. The van der Waals surface area contributed by atoms with Crippen molar-refractivity contribution in [2.75, 3.05) is 6.61 Å². The number of carbonyl (C=O) groups is 1. The van der Waals surface area contributed by atoms with Gasteiger partial charge in [0.1, 0.15) is 12.4 Å². The summed E-state index contributed by atoms with van der Waals surface area (Å²) < 4.78 is 5.24. The zero-order chi connectivity index (χ0) is 24.5. The van der Waals surface area contributed by atoms with E-state index in [0.29, 0.717) is 13.0 Å². The molecular weight excluding hydrogens is 420 g/mol. The molecule has 3 heteroatoms. The zero-order valence-corrected chi connectivity index (χ0v) is 21.8. The van der Waals surface area contributed by atoms with Crippen molar-refractivity contribution in [2.24, 2.45) is 0 Å². The third-order valence-corrected chi connectivity index (χ3v) is 6.19. The van der Waals surface area contributed by atoms with Crippen LogP contribution in [0, 0.1) is 0 Å². The van der Waals surface area contributed by atoms with Crippen molar-refractivity contribution in [3.05, 3.63) is 48.1 Å². The highest BCUT2D eigenvalue weighted by atomic mass is 16.5. The van der Waals surface area contributed by atoms with Crippen LogP contribution in [-0.4, -0.2) is 17.7 Å². The van der Waals surface area contributed by atoms with Gasteiger partial charge in [0.25, 0.3) is 0 Å². The minimum Gasteiger partial charge on any atom is -0.508 e. The third kappa shape index (κ3) is 19.4. The van der Waals surface area contributed by atoms with Crippen LogP contribution in [0.4, 0.5) is 0 Å². The molecule has 0 aromatic heterocycles. The fourth-order valence-corrected chi connectivity index (χ4v) is 4.03. The monoisotopic (exact) mass is 470 g/mol.